The van der Waals surface area contributed by atoms with E-state index in [-0.39, 0.29) is 12.1 Å². The largest absolute Gasteiger partial charge is 0.376 e. The van der Waals surface area contributed by atoms with Gasteiger partial charge in [0.15, 0.2) is 0 Å². The molecule has 1 aromatic carbocycles. The molecule has 1 saturated heterocycles. The number of aromatic nitrogens is 2. The van der Waals surface area contributed by atoms with Gasteiger partial charge in [-0.05, 0) is 37.7 Å². The minimum absolute atomic E-state index is 0.193. The van der Waals surface area contributed by atoms with Crippen molar-refractivity contribution >= 4 is 11.7 Å². The van der Waals surface area contributed by atoms with Gasteiger partial charge in [-0.2, -0.15) is 5.10 Å². The lowest BCUT2D eigenvalue weighted by molar-refractivity contribution is 0.00401. The van der Waals surface area contributed by atoms with Crippen LogP contribution in [-0.4, -0.2) is 35.1 Å². The second kappa shape index (κ2) is 9.22. The number of amides is 2. The number of ether oxygens (including phenoxy) is 1. The van der Waals surface area contributed by atoms with E-state index in [1.807, 2.05) is 29.1 Å². The summed E-state index contributed by atoms with van der Waals surface area (Å²) in [5.41, 5.74) is 1.99. The first-order chi connectivity index (χ1) is 12.3. The maximum absolute atomic E-state index is 11.9. The molecule has 0 unspecified atom stereocenters. The van der Waals surface area contributed by atoms with E-state index in [1.54, 1.807) is 6.20 Å². The Morgan fingerprint density at radius 3 is 2.96 bits per heavy atom. The Morgan fingerprint density at radius 2 is 2.16 bits per heavy atom. The third-order valence-corrected chi connectivity index (χ3v) is 4.33. The molecule has 6 nitrogen and oxygen atoms in total. The quantitative estimate of drug-likeness (QED) is 0.759. The molecule has 0 spiro atoms. The molecule has 1 aliphatic heterocycles. The van der Waals surface area contributed by atoms with E-state index in [1.165, 1.54) is 12.0 Å². The molecule has 0 bridgehead atoms. The van der Waals surface area contributed by atoms with Crippen molar-refractivity contribution in [3.8, 4) is 0 Å². The first kappa shape index (κ1) is 17.5. The number of urea groups is 1. The minimum Gasteiger partial charge on any atom is -0.376 e. The van der Waals surface area contributed by atoms with Gasteiger partial charge in [0.25, 0.3) is 0 Å². The van der Waals surface area contributed by atoms with Crippen LogP contribution in [0.1, 0.15) is 31.2 Å². The summed E-state index contributed by atoms with van der Waals surface area (Å²) < 4.78 is 7.55. The van der Waals surface area contributed by atoms with Crippen LogP contribution in [0.4, 0.5) is 10.5 Å². The van der Waals surface area contributed by atoms with Crippen LogP contribution < -0.4 is 10.6 Å². The summed E-state index contributed by atoms with van der Waals surface area (Å²) in [6, 6.07) is 10.1. The van der Waals surface area contributed by atoms with Gasteiger partial charge < -0.3 is 15.4 Å². The number of hydrogen-bond acceptors (Lipinski definition) is 3. The topological polar surface area (TPSA) is 68.2 Å². The third-order valence-electron chi connectivity index (χ3n) is 4.33. The molecule has 2 heterocycles. The summed E-state index contributed by atoms with van der Waals surface area (Å²) in [7, 11) is 0. The minimum atomic E-state index is -0.193. The zero-order chi connectivity index (χ0) is 17.3. The van der Waals surface area contributed by atoms with Crippen LogP contribution >= 0.6 is 0 Å². The van der Waals surface area contributed by atoms with Gasteiger partial charge in [0.1, 0.15) is 0 Å². The van der Waals surface area contributed by atoms with Crippen LogP contribution in [0.15, 0.2) is 42.7 Å². The summed E-state index contributed by atoms with van der Waals surface area (Å²) in [5, 5.41) is 10.00. The number of aryl methyl sites for hydroxylation is 1. The average molecular weight is 342 g/mol. The number of nitrogens with zero attached hydrogens (tertiary/aromatic N) is 2. The van der Waals surface area contributed by atoms with E-state index in [9.17, 15) is 4.79 Å². The van der Waals surface area contributed by atoms with E-state index < -0.39 is 0 Å². The fourth-order valence-corrected chi connectivity index (χ4v) is 3.00. The van der Waals surface area contributed by atoms with Gasteiger partial charge in [0.2, 0.25) is 0 Å². The van der Waals surface area contributed by atoms with E-state index in [4.69, 9.17) is 4.74 Å². The van der Waals surface area contributed by atoms with Gasteiger partial charge >= 0.3 is 6.03 Å². The van der Waals surface area contributed by atoms with Gasteiger partial charge in [-0.3, -0.25) is 4.68 Å². The standard InChI is InChI=1S/C19H26N4O2/c24-19(20-11-6-9-16-7-2-1-3-8-16)22-17-13-21-23(14-17)15-18-10-4-5-12-25-18/h1-3,7-8,13-14,18H,4-6,9-12,15H2,(H2,20,22,24)/t18-/m1/s1. The second-order valence-electron chi connectivity index (χ2n) is 6.41. The highest BCUT2D eigenvalue weighted by Gasteiger charge is 2.15. The van der Waals surface area contributed by atoms with Crippen LogP contribution in [0.3, 0.4) is 0 Å². The Labute approximate surface area is 148 Å². The average Bonchev–Trinajstić information content (AvgIpc) is 3.07. The first-order valence-electron chi connectivity index (χ1n) is 9.02. The zero-order valence-corrected chi connectivity index (χ0v) is 14.5. The Bertz CT molecular complexity index is 650. The van der Waals surface area contributed by atoms with Crippen molar-refractivity contribution in [1.82, 2.24) is 15.1 Å². The first-order valence-corrected chi connectivity index (χ1v) is 9.02. The molecule has 1 fully saturated rings. The Hall–Kier alpha value is -2.34. The van der Waals surface area contributed by atoms with Crippen molar-refractivity contribution in [3.05, 3.63) is 48.3 Å². The summed E-state index contributed by atoms with van der Waals surface area (Å²) >= 11 is 0. The van der Waals surface area contributed by atoms with Crippen LogP contribution in [0.5, 0.6) is 0 Å². The molecule has 0 radical (unpaired) electrons. The van der Waals surface area contributed by atoms with Gasteiger partial charge in [-0.1, -0.05) is 30.3 Å². The van der Waals surface area contributed by atoms with Gasteiger partial charge in [0.05, 0.1) is 24.5 Å². The fourth-order valence-electron chi connectivity index (χ4n) is 3.00. The lowest BCUT2D eigenvalue weighted by Crippen LogP contribution is -2.29. The number of nitrogens with one attached hydrogen (secondary N) is 2. The van der Waals surface area contributed by atoms with Crippen LogP contribution in [-0.2, 0) is 17.7 Å². The maximum atomic E-state index is 11.9. The molecule has 1 aliphatic rings. The zero-order valence-electron chi connectivity index (χ0n) is 14.5. The number of rotatable bonds is 7. The van der Waals surface area contributed by atoms with E-state index in [0.717, 1.165) is 38.8 Å². The van der Waals surface area contributed by atoms with Gasteiger partial charge in [-0.15, -0.1) is 0 Å². The van der Waals surface area contributed by atoms with Crippen molar-refractivity contribution < 1.29 is 9.53 Å². The van der Waals surface area contributed by atoms with Crippen LogP contribution in [0.2, 0.25) is 0 Å². The third kappa shape index (κ3) is 5.90. The summed E-state index contributed by atoms with van der Waals surface area (Å²) in [6.07, 6.45) is 9.05. The number of benzene rings is 1. The van der Waals surface area contributed by atoms with Crippen molar-refractivity contribution in [2.75, 3.05) is 18.5 Å². The lowest BCUT2D eigenvalue weighted by Gasteiger charge is -2.22. The van der Waals surface area contributed by atoms with Crippen molar-refractivity contribution in [3.63, 3.8) is 0 Å². The Balaban J connectivity index is 1.35. The van der Waals surface area contributed by atoms with Crippen molar-refractivity contribution in [2.24, 2.45) is 0 Å². The summed E-state index contributed by atoms with van der Waals surface area (Å²) in [4.78, 5) is 11.9. The molecule has 2 N–H and O–H groups in total. The number of carbonyl (C=O) groups excluding carboxylic acids is 1. The monoisotopic (exact) mass is 342 g/mol. The maximum Gasteiger partial charge on any atom is 0.319 e. The number of anilines is 1. The normalized spacial score (nSPS) is 17.2. The van der Waals surface area contributed by atoms with Crippen LogP contribution in [0.25, 0.3) is 0 Å². The van der Waals surface area contributed by atoms with Crippen molar-refractivity contribution in [2.45, 2.75) is 44.8 Å². The summed E-state index contributed by atoms with van der Waals surface area (Å²) in [6.45, 7) is 2.22. The molecule has 2 aromatic rings. The smallest absolute Gasteiger partial charge is 0.319 e. The summed E-state index contributed by atoms with van der Waals surface area (Å²) in [5.74, 6) is 0. The lowest BCUT2D eigenvalue weighted by atomic mass is 10.1. The van der Waals surface area contributed by atoms with Gasteiger partial charge in [0, 0.05) is 19.3 Å². The molecule has 6 heteroatoms. The predicted molar refractivity (Wildman–Crippen MR) is 97.6 cm³/mol. The van der Waals surface area contributed by atoms with Gasteiger partial charge in [-0.25, -0.2) is 4.79 Å². The Morgan fingerprint density at radius 1 is 1.28 bits per heavy atom. The van der Waals surface area contributed by atoms with Crippen LogP contribution in [0, 0.1) is 0 Å². The molecular weight excluding hydrogens is 316 g/mol. The van der Waals surface area contributed by atoms with E-state index in [2.05, 4.69) is 27.9 Å². The molecule has 1 aromatic heterocycles. The van der Waals surface area contributed by atoms with E-state index >= 15 is 0 Å². The highest BCUT2D eigenvalue weighted by atomic mass is 16.5. The SMILES string of the molecule is O=C(NCCCc1ccccc1)Nc1cnn(C[C@H]2CCCCO2)c1. The molecule has 2 amide bonds. The number of hydrogen-bond donors (Lipinski definition) is 2. The highest BCUT2D eigenvalue weighted by Crippen LogP contribution is 2.15. The molecule has 0 saturated carbocycles. The molecular formula is C19H26N4O2. The fraction of sp³-hybridized carbons (Fsp3) is 0.474. The van der Waals surface area contributed by atoms with E-state index in [0.29, 0.717) is 12.2 Å². The predicted octanol–water partition coefficient (Wildman–Crippen LogP) is 3.21. The highest BCUT2D eigenvalue weighted by molar-refractivity contribution is 5.88. The molecule has 3 rings (SSSR count). The molecule has 1 atom stereocenters. The molecule has 0 aliphatic carbocycles. The Kier molecular flexibility index (Phi) is 6.45. The second-order valence-corrected chi connectivity index (χ2v) is 6.41. The van der Waals surface area contributed by atoms with Crippen molar-refractivity contribution in [1.29, 1.82) is 0 Å². The molecule has 134 valence electrons. The number of carbonyl (C=O) groups is 1. The molecule has 25 heavy (non-hydrogen) atoms.